The van der Waals surface area contributed by atoms with E-state index in [0.717, 1.165) is 20.6 Å². The minimum absolute atomic E-state index is 0.335. The number of rotatable bonds is 6. The molecule has 0 bridgehead atoms. The van der Waals surface area contributed by atoms with E-state index < -0.39 is 5.97 Å². The van der Waals surface area contributed by atoms with Crippen LogP contribution >= 0.6 is 27.3 Å². The fraction of sp³-hybridized carbons (Fsp3) is 0.389. The second-order valence-electron chi connectivity index (χ2n) is 5.99. The predicted molar refractivity (Wildman–Crippen MR) is 101 cm³/mol. The summed E-state index contributed by atoms with van der Waals surface area (Å²) in [6.45, 7) is -0.335. The van der Waals surface area contributed by atoms with Crippen LogP contribution in [0.2, 0.25) is 0 Å². The third-order valence-corrected chi connectivity index (χ3v) is 6.21. The monoisotopic (exact) mass is 409 g/mol. The first-order chi connectivity index (χ1) is 11.6. The minimum Gasteiger partial charge on any atom is -0.480 e. The number of carbonyl (C=O) groups is 1. The number of anilines is 1. The van der Waals surface area contributed by atoms with Gasteiger partial charge in [0.1, 0.15) is 5.75 Å². The van der Waals surface area contributed by atoms with Crippen molar-refractivity contribution < 1.29 is 14.6 Å². The lowest BCUT2D eigenvalue weighted by atomic mass is 9.95. The maximum atomic E-state index is 10.6. The van der Waals surface area contributed by atoms with E-state index in [4.69, 9.17) is 9.84 Å². The van der Waals surface area contributed by atoms with E-state index in [-0.39, 0.29) is 6.61 Å². The smallest absolute Gasteiger partial charge is 0.341 e. The van der Waals surface area contributed by atoms with Gasteiger partial charge in [-0.3, -0.25) is 0 Å². The molecule has 0 saturated heterocycles. The number of aliphatic carboxylic acids is 1. The highest BCUT2D eigenvalue weighted by Gasteiger charge is 2.15. The summed E-state index contributed by atoms with van der Waals surface area (Å²) in [6.07, 6.45) is 6.43. The number of thiophene rings is 1. The normalized spacial score (nSPS) is 15.2. The van der Waals surface area contributed by atoms with Gasteiger partial charge in [0.15, 0.2) is 6.61 Å². The van der Waals surface area contributed by atoms with Gasteiger partial charge in [0, 0.05) is 17.1 Å². The van der Waals surface area contributed by atoms with Crippen molar-refractivity contribution in [3.8, 4) is 16.2 Å². The van der Waals surface area contributed by atoms with Crippen LogP contribution < -0.4 is 10.1 Å². The topological polar surface area (TPSA) is 58.6 Å². The highest BCUT2D eigenvalue weighted by molar-refractivity contribution is 9.10. The summed E-state index contributed by atoms with van der Waals surface area (Å²) in [6, 6.07) is 8.91. The Morgan fingerprint density at radius 3 is 2.88 bits per heavy atom. The molecule has 24 heavy (non-hydrogen) atoms. The van der Waals surface area contributed by atoms with Gasteiger partial charge in [-0.15, -0.1) is 11.3 Å². The Balaban J connectivity index is 1.74. The molecule has 4 nitrogen and oxygen atoms in total. The van der Waals surface area contributed by atoms with Crippen molar-refractivity contribution in [1.29, 1.82) is 0 Å². The Hall–Kier alpha value is -1.53. The van der Waals surface area contributed by atoms with Crippen LogP contribution in [0.1, 0.15) is 32.1 Å². The van der Waals surface area contributed by atoms with Crippen LogP contribution in [0.4, 0.5) is 5.69 Å². The third-order valence-electron chi connectivity index (χ3n) is 4.15. The average Bonchev–Trinajstić information content (AvgIpc) is 2.95. The van der Waals surface area contributed by atoms with Gasteiger partial charge in [0.05, 0.1) is 9.35 Å². The van der Waals surface area contributed by atoms with Gasteiger partial charge in [-0.25, -0.2) is 4.79 Å². The molecular formula is C18H20BrNO3S. The zero-order valence-electron chi connectivity index (χ0n) is 13.3. The van der Waals surface area contributed by atoms with Crippen molar-refractivity contribution >= 4 is 38.9 Å². The van der Waals surface area contributed by atoms with E-state index in [2.05, 4.69) is 39.4 Å². The standard InChI is InChI=1S/C18H20BrNO3S/c19-17-15(23-10-16(21)22)11-24-18(17)12-5-4-8-14(9-12)20-13-6-2-1-3-7-13/h4-5,8-9,11,13,20H,1-3,6-7,10H2,(H,21,22). The molecule has 0 unspecified atom stereocenters. The number of halogens is 1. The number of nitrogens with one attached hydrogen (secondary N) is 1. The Morgan fingerprint density at radius 2 is 2.12 bits per heavy atom. The molecule has 2 aromatic rings. The van der Waals surface area contributed by atoms with E-state index >= 15 is 0 Å². The summed E-state index contributed by atoms with van der Waals surface area (Å²) in [5, 5.41) is 14.2. The number of benzene rings is 1. The van der Waals surface area contributed by atoms with Crippen LogP contribution in [0.15, 0.2) is 34.1 Å². The molecule has 1 aliphatic rings. The van der Waals surface area contributed by atoms with Crippen LogP contribution in [0.3, 0.4) is 0 Å². The molecule has 0 radical (unpaired) electrons. The van der Waals surface area contributed by atoms with Crippen molar-refractivity contribution in [2.24, 2.45) is 0 Å². The number of carboxylic acids is 1. The Morgan fingerprint density at radius 1 is 1.33 bits per heavy atom. The molecule has 0 atom stereocenters. The first-order valence-electron chi connectivity index (χ1n) is 8.12. The van der Waals surface area contributed by atoms with Crippen molar-refractivity contribution in [3.05, 3.63) is 34.1 Å². The summed E-state index contributed by atoms with van der Waals surface area (Å²) in [5.41, 5.74) is 2.23. The van der Waals surface area contributed by atoms with Crippen LogP contribution in [0.25, 0.3) is 10.4 Å². The average molecular weight is 410 g/mol. The summed E-state index contributed by atoms with van der Waals surface area (Å²) in [7, 11) is 0. The Bertz CT molecular complexity index is 710. The minimum atomic E-state index is -0.978. The molecule has 1 heterocycles. The van der Waals surface area contributed by atoms with Crippen LogP contribution in [-0.4, -0.2) is 23.7 Å². The first-order valence-corrected chi connectivity index (χ1v) is 9.79. The van der Waals surface area contributed by atoms with Gasteiger partial charge in [-0.1, -0.05) is 31.4 Å². The molecule has 3 rings (SSSR count). The maximum Gasteiger partial charge on any atom is 0.341 e. The van der Waals surface area contributed by atoms with Crippen molar-refractivity contribution in [1.82, 2.24) is 0 Å². The molecule has 6 heteroatoms. The van der Waals surface area contributed by atoms with Gasteiger partial charge in [0.2, 0.25) is 0 Å². The maximum absolute atomic E-state index is 10.6. The lowest BCUT2D eigenvalue weighted by Crippen LogP contribution is -2.22. The predicted octanol–water partition coefficient (Wildman–Crippen LogP) is 5.39. The number of carboxylic acid groups (broad SMARTS) is 1. The van der Waals surface area contributed by atoms with Crippen molar-refractivity contribution in [2.75, 3.05) is 11.9 Å². The quantitative estimate of drug-likeness (QED) is 0.671. The second-order valence-corrected chi connectivity index (χ2v) is 7.66. The fourth-order valence-electron chi connectivity index (χ4n) is 2.99. The van der Waals surface area contributed by atoms with E-state index in [1.165, 1.54) is 32.1 Å². The van der Waals surface area contributed by atoms with E-state index in [9.17, 15) is 4.79 Å². The highest BCUT2D eigenvalue weighted by Crippen LogP contribution is 2.42. The van der Waals surface area contributed by atoms with Crippen LogP contribution in [-0.2, 0) is 4.79 Å². The van der Waals surface area contributed by atoms with Crippen molar-refractivity contribution in [3.63, 3.8) is 0 Å². The number of ether oxygens (including phenoxy) is 1. The van der Waals surface area contributed by atoms with Gasteiger partial charge in [0.25, 0.3) is 0 Å². The van der Waals surface area contributed by atoms with E-state index in [1.54, 1.807) is 11.3 Å². The molecule has 2 N–H and O–H groups in total. The third kappa shape index (κ3) is 4.30. The van der Waals surface area contributed by atoms with Gasteiger partial charge in [-0.05, 0) is 46.5 Å². The van der Waals surface area contributed by atoms with Crippen LogP contribution in [0.5, 0.6) is 5.75 Å². The zero-order chi connectivity index (χ0) is 16.9. The lowest BCUT2D eigenvalue weighted by molar-refractivity contribution is -0.139. The fourth-order valence-corrected chi connectivity index (χ4v) is 4.76. The molecular weight excluding hydrogens is 390 g/mol. The van der Waals surface area contributed by atoms with Crippen LogP contribution in [0, 0.1) is 0 Å². The largest absolute Gasteiger partial charge is 0.480 e. The highest BCUT2D eigenvalue weighted by atomic mass is 79.9. The first kappa shape index (κ1) is 17.3. The van der Waals surface area contributed by atoms with E-state index in [1.807, 2.05) is 11.4 Å². The molecule has 1 aliphatic carbocycles. The Kier molecular flexibility index (Phi) is 5.79. The Labute approximate surface area is 154 Å². The molecule has 1 aromatic heterocycles. The van der Waals surface area contributed by atoms with Crippen molar-refractivity contribution in [2.45, 2.75) is 38.1 Å². The molecule has 0 spiro atoms. The summed E-state index contributed by atoms with van der Waals surface area (Å²) in [5.74, 6) is -0.406. The SMILES string of the molecule is O=C(O)COc1csc(-c2cccc(NC3CCCCC3)c2)c1Br. The summed E-state index contributed by atoms with van der Waals surface area (Å²) >= 11 is 5.08. The molecule has 0 aliphatic heterocycles. The van der Waals surface area contributed by atoms with Gasteiger partial charge < -0.3 is 15.2 Å². The van der Waals surface area contributed by atoms with Gasteiger partial charge >= 0.3 is 5.97 Å². The number of hydrogen-bond acceptors (Lipinski definition) is 4. The molecule has 1 aromatic carbocycles. The van der Waals surface area contributed by atoms with E-state index in [0.29, 0.717) is 11.8 Å². The molecule has 1 fully saturated rings. The molecule has 1 saturated carbocycles. The molecule has 0 amide bonds. The zero-order valence-corrected chi connectivity index (χ0v) is 15.7. The summed E-state index contributed by atoms with van der Waals surface area (Å²) in [4.78, 5) is 11.7. The molecule has 128 valence electrons. The second kappa shape index (κ2) is 8.03. The summed E-state index contributed by atoms with van der Waals surface area (Å²) < 4.78 is 6.11. The van der Waals surface area contributed by atoms with Gasteiger partial charge in [-0.2, -0.15) is 0 Å². The lowest BCUT2D eigenvalue weighted by Gasteiger charge is -2.24. The number of hydrogen-bond donors (Lipinski definition) is 2.